The van der Waals surface area contributed by atoms with Crippen LogP contribution in [0.1, 0.15) is 52.4 Å². The van der Waals surface area contributed by atoms with Crippen molar-refractivity contribution in [1.82, 2.24) is 0 Å². The summed E-state index contributed by atoms with van der Waals surface area (Å²) < 4.78 is 0. The summed E-state index contributed by atoms with van der Waals surface area (Å²) in [5.74, 6) is 0. The van der Waals surface area contributed by atoms with E-state index in [-0.39, 0.29) is 0 Å². The maximum absolute atomic E-state index is 9.52. The SMILES string of the molecule is CCCCC[C@H](OO)[C@H](O)CCC. The van der Waals surface area contributed by atoms with Crippen LogP contribution in [-0.2, 0) is 4.89 Å². The van der Waals surface area contributed by atoms with Crippen LogP contribution in [0.25, 0.3) is 0 Å². The van der Waals surface area contributed by atoms with Crippen molar-refractivity contribution in [3.63, 3.8) is 0 Å². The van der Waals surface area contributed by atoms with Crippen LogP contribution in [0.5, 0.6) is 0 Å². The Balaban J connectivity index is 3.60. The average molecular weight is 190 g/mol. The minimum atomic E-state index is -0.521. The van der Waals surface area contributed by atoms with Gasteiger partial charge in [0, 0.05) is 0 Å². The van der Waals surface area contributed by atoms with Gasteiger partial charge in [0.1, 0.15) is 6.10 Å². The Hall–Kier alpha value is -0.120. The zero-order valence-electron chi connectivity index (χ0n) is 8.70. The van der Waals surface area contributed by atoms with E-state index in [2.05, 4.69) is 11.8 Å². The Labute approximate surface area is 80.7 Å². The van der Waals surface area contributed by atoms with Gasteiger partial charge in [0.15, 0.2) is 0 Å². The van der Waals surface area contributed by atoms with E-state index < -0.39 is 12.2 Å². The lowest BCUT2D eigenvalue weighted by Gasteiger charge is -2.18. The molecule has 0 unspecified atom stereocenters. The van der Waals surface area contributed by atoms with Crippen LogP contribution in [0, 0.1) is 0 Å². The third-order valence-electron chi connectivity index (χ3n) is 2.24. The van der Waals surface area contributed by atoms with Crippen LogP contribution < -0.4 is 0 Å². The van der Waals surface area contributed by atoms with Gasteiger partial charge in [0.25, 0.3) is 0 Å². The number of aliphatic hydroxyl groups is 1. The number of hydrogen-bond donors (Lipinski definition) is 2. The summed E-state index contributed by atoms with van der Waals surface area (Å²) in [4.78, 5) is 4.26. The van der Waals surface area contributed by atoms with Crippen molar-refractivity contribution < 1.29 is 15.3 Å². The highest BCUT2D eigenvalue weighted by Crippen LogP contribution is 2.13. The Morgan fingerprint density at radius 2 is 1.77 bits per heavy atom. The second-order valence-corrected chi connectivity index (χ2v) is 3.50. The van der Waals surface area contributed by atoms with Crippen LogP contribution in [-0.4, -0.2) is 22.6 Å². The summed E-state index contributed by atoms with van der Waals surface area (Å²) in [6.07, 6.45) is 4.69. The van der Waals surface area contributed by atoms with Crippen molar-refractivity contribution >= 4 is 0 Å². The van der Waals surface area contributed by atoms with Crippen molar-refractivity contribution in [3.05, 3.63) is 0 Å². The zero-order valence-corrected chi connectivity index (χ0v) is 8.70. The van der Waals surface area contributed by atoms with Crippen LogP contribution in [0.3, 0.4) is 0 Å². The fourth-order valence-electron chi connectivity index (χ4n) is 1.39. The van der Waals surface area contributed by atoms with Gasteiger partial charge in [-0.2, -0.15) is 0 Å². The first-order valence-electron chi connectivity index (χ1n) is 5.24. The molecule has 0 heterocycles. The lowest BCUT2D eigenvalue weighted by Crippen LogP contribution is -2.27. The number of hydrogen-bond acceptors (Lipinski definition) is 3. The largest absolute Gasteiger partial charge is 0.390 e. The first kappa shape index (κ1) is 12.9. The van der Waals surface area contributed by atoms with Crippen LogP contribution >= 0.6 is 0 Å². The van der Waals surface area contributed by atoms with E-state index in [0.717, 1.165) is 32.1 Å². The fourth-order valence-corrected chi connectivity index (χ4v) is 1.39. The van der Waals surface area contributed by atoms with E-state index in [1.54, 1.807) is 0 Å². The van der Waals surface area contributed by atoms with Crippen LogP contribution in [0.2, 0.25) is 0 Å². The molecule has 0 aromatic carbocycles. The van der Waals surface area contributed by atoms with E-state index in [1.807, 2.05) is 6.92 Å². The average Bonchev–Trinajstić information content (AvgIpc) is 2.13. The van der Waals surface area contributed by atoms with E-state index >= 15 is 0 Å². The maximum Gasteiger partial charge on any atom is 0.118 e. The van der Waals surface area contributed by atoms with Crippen LogP contribution in [0.15, 0.2) is 0 Å². The molecule has 0 aliphatic heterocycles. The molecule has 13 heavy (non-hydrogen) atoms. The van der Waals surface area contributed by atoms with Gasteiger partial charge in [0.2, 0.25) is 0 Å². The zero-order chi connectivity index (χ0) is 10.1. The fraction of sp³-hybridized carbons (Fsp3) is 1.00. The quantitative estimate of drug-likeness (QED) is 0.351. The molecule has 3 nitrogen and oxygen atoms in total. The summed E-state index contributed by atoms with van der Waals surface area (Å²) in [5, 5.41) is 18.1. The van der Waals surface area contributed by atoms with Crippen molar-refractivity contribution in [1.29, 1.82) is 0 Å². The van der Waals surface area contributed by atoms with Gasteiger partial charge in [-0.3, -0.25) is 5.26 Å². The summed E-state index contributed by atoms with van der Waals surface area (Å²) in [5.41, 5.74) is 0. The third-order valence-corrected chi connectivity index (χ3v) is 2.24. The molecule has 0 saturated carbocycles. The van der Waals surface area contributed by atoms with Crippen molar-refractivity contribution in [2.75, 3.05) is 0 Å². The van der Waals surface area contributed by atoms with E-state index in [0.29, 0.717) is 6.42 Å². The van der Waals surface area contributed by atoms with Gasteiger partial charge in [-0.1, -0.05) is 39.5 Å². The number of rotatable bonds is 8. The van der Waals surface area contributed by atoms with Gasteiger partial charge in [0.05, 0.1) is 6.10 Å². The molecule has 0 aromatic rings. The summed E-state index contributed by atoms with van der Waals surface area (Å²) >= 11 is 0. The van der Waals surface area contributed by atoms with E-state index in [9.17, 15) is 5.11 Å². The Morgan fingerprint density at radius 1 is 1.08 bits per heavy atom. The van der Waals surface area contributed by atoms with E-state index in [1.165, 1.54) is 0 Å². The first-order chi connectivity index (χ1) is 6.26. The Bertz CT molecular complexity index is 106. The van der Waals surface area contributed by atoms with Gasteiger partial charge in [-0.15, -0.1) is 0 Å². The van der Waals surface area contributed by atoms with E-state index in [4.69, 9.17) is 5.26 Å². The number of aliphatic hydroxyl groups excluding tert-OH is 1. The van der Waals surface area contributed by atoms with Gasteiger partial charge in [-0.05, 0) is 12.8 Å². The second-order valence-electron chi connectivity index (χ2n) is 3.50. The summed E-state index contributed by atoms with van der Waals surface area (Å²) in [6.45, 7) is 4.13. The molecule has 80 valence electrons. The normalized spacial score (nSPS) is 15.7. The molecule has 0 fully saturated rings. The molecular formula is C10H22O3. The molecule has 3 heteroatoms. The standard InChI is InChI=1S/C10H22O3/c1-3-5-6-8-10(13-12)9(11)7-4-2/h9-12H,3-8H2,1-2H3/t9-,10+/m1/s1. The molecule has 0 aliphatic carbocycles. The third kappa shape index (κ3) is 6.02. The lowest BCUT2D eigenvalue weighted by molar-refractivity contribution is -0.298. The molecule has 0 aliphatic rings. The minimum absolute atomic E-state index is 0.397. The molecule has 0 bridgehead atoms. The minimum Gasteiger partial charge on any atom is -0.390 e. The highest BCUT2D eigenvalue weighted by Gasteiger charge is 2.18. The summed E-state index contributed by atoms with van der Waals surface area (Å²) in [6, 6.07) is 0. The van der Waals surface area contributed by atoms with Gasteiger partial charge < -0.3 is 5.11 Å². The molecule has 0 radical (unpaired) electrons. The summed E-state index contributed by atoms with van der Waals surface area (Å²) in [7, 11) is 0. The molecule has 0 spiro atoms. The molecule has 2 N–H and O–H groups in total. The Morgan fingerprint density at radius 3 is 2.23 bits per heavy atom. The van der Waals surface area contributed by atoms with Crippen molar-refractivity contribution in [2.24, 2.45) is 0 Å². The van der Waals surface area contributed by atoms with Crippen molar-refractivity contribution in [2.45, 2.75) is 64.6 Å². The Kier molecular flexibility index (Phi) is 8.40. The molecule has 0 amide bonds. The number of unbranched alkanes of at least 4 members (excludes halogenated alkanes) is 2. The highest BCUT2D eigenvalue weighted by molar-refractivity contribution is 4.67. The van der Waals surface area contributed by atoms with Crippen LogP contribution in [0.4, 0.5) is 0 Å². The van der Waals surface area contributed by atoms with Crippen molar-refractivity contribution in [3.8, 4) is 0 Å². The second kappa shape index (κ2) is 8.48. The molecule has 0 rings (SSSR count). The topological polar surface area (TPSA) is 49.7 Å². The molecular weight excluding hydrogens is 168 g/mol. The highest BCUT2D eigenvalue weighted by atomic mass is 17.1. The monoisotopic (exact) mass is 190 g/mol. The predicted molar refractivity (Wildman–Crippen MR) is 52.6 cm³/mol. The lowest BCUT2D eigenvalue weighted by atomic mass is 10.0. The first-order valence-corrected chi connectivity index (χ1v) is 5.24. The maximum atomic E-state index is 9.52. The molecule has 0 saturated heterocycles. The molecule has 2 atom stereocenters. The van der Waals surface area contributed by atoms with Gasteiger partial charge in [-0.25, -0.2) is 4.89 Å². The van der Waals surface area contributed by atoms with Gasteiger partial charge >= 0.3 is 0 Å². The molecule has 0 aromatic heterocycles. The predicted octanol–water partition coefficient (Wildman–Crippen LogP) is 2.59. The smallest absolute Gasteiger partial charge is 0.118 e.